The molecule has 30 heavy (non-hydrogen) atoms. The van der Waals surface area contributed by atoms with Gasteiger partial charge in [0.2, 0.25) is 0 Å². The fourth-order valence-electron chi connectivity index (χ4n) is 2.68. The van der Waals surface area contributed by atoms with Gasteiger partial charge >= 0.3 is 0 Å². The molecular weight excluding hydrogens is 422 g/mol. The number of benzene rings is 3. The lowest BCUT2D eigenvalue weighted by Gasteiger charge is -2.10. The van der Waals surface area contributed by atoms with Crippen LogP contribution in [0.15, 0.2) is 71.6 Å². The SMILES string of the molecule is COc1ccc(C(=O)Nc2ccc(SCC(=O)c3ccc(Cl)cc3)cc2)cc1OC. The summed E-state index contributed by atoms with van der Waals surface area (Å²) in [6.45, 7) is 0. The highest BCUT2D eigenvalue weighted by molar-refractivity contribution is 8.00. The molecule has 0 aliphatic rings. The van der Waals surface area contributed by atoms with Crippen LogP contribution in [-0.4, -0.2) is 31.7 Å². The smallest absolute Gasteiger partial charge is 0.255 e. The highest BCUT2D eigenvalue weighted by Gasteiger charge is 2.11. The maximum absolute atomic E-state index is 12.5. The quantitative estimate of drug-likeness (QED) is 0.365. The topological polar surface area (TPSA) is 64.6 Å². The fraction of sp³-hybridized carbons (Fsp3) is 0.130. The van der Waals surface area contributed by atoms with Crippen LogP contribution < -0.4 is 14.8 Å². The van der Waals surface area contributed by atoms with Gasteiger partial charge in [-0.2, -0.15) is 0 Å². The van der Waals surface area contributed by atoms with Crippen LogP contribution in [0.5, 0.6) is 11.5 Å². The van der Waals surface area contributed by atoms with Gasteiger partial charge in [0, 0.05) is 26.7 Å². The van der Waals surface area contributed by atoms with Crippen molar-refractivity contribution in [2.24, 2.45) is 0 Å². The number of thioether (sulfide) groups is 1. The summed E-state index contributed by atoms with van der Waals surface area (Å²) in [6, 6.07) is 19.2. The van der Waals surface area contributed by atoms with Crippen molar-refractivity contribution < 1.29 is 19.1 Å². The van der Waals surface area contributed by atoms with E-state index in [-0.39, 0.29) is 11.7 Å². The van der Waals surface area contributed by atoms with Crippen LogP contribution >= 0.6 is 23.4 Å². The first-order valence-electron chi connectivity index (χ1n) is 9.05. The predicted octanol–water partition coefficient (Wildman–Crippen LogP) is 5.58. The van der Waals surface area contributed by atoms with Gasteiger partial charge in [0.1, 0.15) is 0 Å². The molecule has 0 heterocycles. The summed E-state index contributed by atoms with van der Waals surface area (Å²) < 4.78 is 10.4. The molecule has 1 N–H and O–H groups in total. The molecule has 0 fully saturated rings. The van der Waals surface area contributed by atoms with E-state index in [4.69, 9.17) is 21.1 Å². The highest BCUT2D eigenvalue weighted by Crippen LogP contribution is 2.28. The third-order valence-electron chi connectivity index (χ3n) is 4.29. The summed E-state index contributed by atoms with van der Waals surface area (Å²) in [5.41, 5.74) is 1.74. The van der Waals surface area contributed by atoms with E-state index < -0.39 is 0 Å². The van der Waals surface area contributed by atoms with Crippen molar-refractivity contribution in [2.75, 3.05) is 25.3 Å². The minimum Gasteiger partial charge on any atom is -0.493 e. The Bertz CT molecular complexity index is 1040. The normalized spacial score (nSPS) is 10.4. The summed E-state index contributed by atoms with van der Waals surface area (Å²) in [4.78, 5) is 25.7. The first-order chi connectivity index (χ1) is 14.5. The minimum absolute atomic E-state index is 0.0301. The van der Waals surface area contributed by atoms with Gasteiger partial charge in [-0.15, -0.1) is 11.8 Å². The molecule has 3 rings (SSSR count). The van der Waals surface area contributed by atoms with Gasteiger partial charge in [-0.25, -0.2) is 0 Å². The van der Waals surface area contributed by atoms with Gasteiger partial charge in [-0.05, 0) is 66.7 Å². The number of anilines is 1. The zero-order chi connectivity index (χ0) is 21.5. The van der Waals surface area contributed by atoms with Crippen molar-refractivity contribution in [2.45, 2.75) is 4.90 Å². The lowest BCUT2D eigenvalue weighted by molar-refractivity contribution is 0.101. The van der Waals surface area contributed by atoms with E-state index in [0.29, 0.717) is 39.1 Å². The molecule has 0 unspecified atom stereocenters. The monoisotopic (exact) mass is 441 g/mol. The summed E-state index contributed by atoms with van der Waals surface area (Å²) in [7, 11) is 3.06. The third kappa shape index (κ3) is 5.55. The third-order valence-corrected chi connectivity index (χ3v) is 5.56. The van der Waals surface area contributed by atoms with E-state index in [0.717, 1.165) is 4.90 Å². The molecule has 0 aliphatic heterocycles. The maximum atomic E-state index is 12.5. The molecule has 3 aromatic rings. The van der Waals surface area contributed by atoms with Crippen LogP contribution in [0, 0.1) is 0 Å². The molecule has 154 valence electrons. The number of nitrogens with one attached hydrogen (secondary N) is 1. The Morgan fingerprint density at radius 3 is 2.13 bits per heavy atom. The average molecular weight is 442 g/mol. The van der Waals surface area contributed by atoms with Gasteiger partial charge in [0.15, 0.2) is 17.3 Å². The fourth-order valence-corrected chi connectivity index (χ4v) is 3.60. The zero-order valence-corrected chi connectivity index (χ0v) is 18.0. The maximum Gasteiger partial charge on any atom is 0.255 e. The van der Waals surface area contributed by atoms with Crippen molar-refractivity contribution in [3.63, 3.8) is 0 Å². The Labute approximate surface area is 184 Å². The number of ketones is 1. The van der Waals surface area contributed by atoms with Gasteiger partial charge in [0.25, 0.3) is 5.91 Å². The first-order valence-corrected chi connectivity index (χ1v) is 10.4. The van der Waals surface area contributed by atoms with E-state index in [1.54, 1.807) is 61.7 Å². The largest absolute Gasteiger partial charge is 0.493 e. The van der Waals surface area contributed by atoms with Crippen molar-refractivity contribution in [3.8, 4) is 11.5 Å². The number of hydrogen-bond donors (Lipinski definition) is 1. The van der Waals surface area contributed by atoms with E-state index in [1.165, 1.54) is 18.9 Å². The highest BCUT2D eigenvalue weighted by atomic mass is 35.5. The Morgan fingerprint density at radius 1 is 0.867 bits per heavy atom. The molecule has 0 radical (unpaired) electrons. The van der Waals surface area contributed by atoms with Crippen LogP contribution in [0.1, 0.15) is 20.7 Å². The van der Waals surface area contributed by atoms with Crippen LogP contribution in [0.25, 0.3) is 0 Å². The molecule has 1 amide bonds. The Kier molecular flexibility index (Phi) is 7.38. The van der Waals surface area contributed by atoms with E-state index in [1.807, 2.05) is 12.1 Å². The summed E-state index contributed by atoms with van der Waals surface area (Å²) in [6.07, 6.45) is 0. The number of ether oxygens (including phenoxy) is 2. The molecule has 3 aromatic carbocycles. The molecular formula is C23H20ClNO4S. The second-order valence-corrected chi connectivity index (χ2v) is 7.75. The second kappa shape index (κ2) is 10.2. The second-order valence-electron chi connectivity index (χ2n) is 6.27. The van der Waals surface area contributed by atoms with Crippen LogP contribution in [0.3, 0.4) is 0 Å². The molecule has 0 saturated heterocycles. The lowest BCUT2D eigenvalue weighted by Crippen LogP contribution is -2.12. The molecule has 0 bridgehead atoms. The van der Waals surface area contributed by atoms with E-state index >= 15 is 0 Å². The van der Waals surface area contributed by atoms with Crippen LogP contribution in [-0.2, 0) is 0 Å². The molecule has 7 heteroatoms. The number of halogens is 1. The van der Waals surface area contributed by atoms with Crippen molar-refractivity contribution in [1.29, 1.82) is 0 Å². The van der Waals surface area contributed by atoms with Crippen LogP contribution in [0.4, 0.5) is 5.69 Å². The summed E-state index contributed by atoms with van der Waals surface area (Å²) in [5.74, 6) is 1.14. The average Bonchev–Trinajstić information content (AvgIpc) is 2.78. The van der Waals surface area contributed by atoms with Crippen LogP contribution in [0.2, 0.25) is 5.02 Å². The molecule has 0 aliphatic carbocycles. The van der Waals surface area contributed by atoms with Gasteiger partial charge in [-0.1, -0.05) is 11.6 Å². The molecule has 0 aromatic heterocycles. The predicted molar refractivity (Wildman–Crippen MR) is 120 cm³/mol. The zero-order valence-electron chi connectivity index (χ0n) is 16.5. The molecule has 0 atom stereocenters. The molecule has 5 nitrogen and oxygen atoms in total. The number of carbonyl (C=O) groups excluding carboxylic acids is 2. The number of carbonyl (C=O) groups is 2. The van der Waals surface area contributed by atoms with E-state index in [2.05, 4.69) is 5.32 Å². The Morgan fingerprint density at radius 2 is 1.50 bits per heavy atom. The number of hydrogen-bond acceptors (Lipinski definition) is 5. The molecule has 0 spiro atoms. The van der Waals surface area contributed by atoms with E-state index in [9.17, 15) is 9.59 Å². The lowest BCUT2D eigenvalue weighted by atomic mass is 10.1. The van der Waals surface area contributed by atoms with Gasteiger partial charge < -0.3 is 14.8 Å². The van der Waals surface area contributed by atoms with Gasteiger partial charge in [-0.3, -0.25) is 9.59 Å². The van der Waals surface area contributed by atoms with Crippen molar-refractivity contribution in [1.82, 2.24) is 0 Å². The summed E-state index contributed by atoms with van der Waals surface area (Å²) in [5, 5.41) is 3.45. The van der Waals surface area contributed by atoms with Crippen molar-refractivity contribution in [3.05, 3.63) is 82.9 Å². The first kappa shape index (κ1) is 21.7. The minimum atomic E-state index is -0.255. The standard InChI is InChI=1S/C23H20ClNO4S/c1-28-21-12-5-16(13-22(21)29-2)23(27)25-18-8-10-19(11-9-18)30-14-20(26)15-3-6-17(24)7-4-15/h3-13H,14H2,1-2H3,(H,25,27). The number of Topliss-reactive ketones (excluding diaryl/α,β-unsaturated/α-hetero) is 1. The Hall–Kier alpha value is -2.96. The Balaban J connectivity index is 1.58. The summed E-state index contributed by atoms with van der Waals surface area (Å²) >= 11 is 7.28. The van der Waals surface area contributed by atoms with Gasteiger partial charge in [0.05, 0.1) is 20.0 Å². The number of rotatable bonds is 8. The van der Waals surface area contributed by atoms with Crippen molar-refractivity contribution >= 4 is 40.7 Å². The number of methoxy groups -OCH3 is 2. The number of amides is 1. The molecule has 0 saturated carbocycles.